The molecule has 0 unspecified atom stereocenters. The number of benzene rings is 5. The molecule has 1 fully saturated rings. The number of imide groups is 1. The average molecular weight is 960 g/mol. The van der Waals surface area contributed by atoms with Crippen LogP contribution in [0.5, 0.6) is 5.75 Å². The van der Waals surface area contributed by atoms with Crippen LogP contribution in [0.4, 0.5) is 0 Å². The summed E-state index contributed by atoms with van der Waals surface area (Å²) >= 11 is 13.7. The van der Waals surface area contributed by atoms with E-state index in [1.54, 1.807) is 72.8 Å². The molecule has 5 aromatic rings. The van der Waals surface area contributed by atoms with Crippen molar-refractivity contribution in [3.8, 4) is 39.3 Å². The third kappa shape index (κ3) is 8.90. The third-order valence-electron chi connectivity index (χ3n) is 10.5. The maximum absolute atomic E-state index is 13.8. The maximum atomic E-state index is 13.8. The molecule has 4 aromatic carbocycles. The summed E-state index contributed by atoms with van der Waals surface area (Å²) in [4.78, 5) is 77.3. The SMILES string of the molecule is C=C/C(=C\N=C)c1cc2c(-c3c(Cl)cc(C(=O)ON4C(=O)CCC4=O)c(Cl)c3S(=O)(=O)O)c3cc(-c4cccnc4)c(OC(N=O)(c4ccccc4)c4ccccc4)cc3oc-2cc1=O.CC. The van der Waals surface area contributed by atoms with E-state index in [2.05, 4.69) is 28.4 Å². The van der Waals surface area contributed by atoms with Gasteiger partial charge in [0.05, 0.1) is 15.6 Å². The topological polar surface area (TPSA) is 212 Å². The van der Waals surface area contributed by atoms with Crippen LogP contribution in [0.15, 0.2) is 159 Å². The summed E-state index contributed by atoms with van der Waals surface area (Å²) in [6, 6.07) is 26.7. The molecule has 2 aliphatic heterocycles. The molecular weight excluding hydrogens is 924 g/mol. The van der Waals surface area contributed by atoms with E-state index in [-0.39, 0.29) is 68.2 Å². The number of hydrogen-bond donors (Lipinski definition) is 1. The molecule has 18 heteroatoms. The number of carbonyl (C=O) groups excluding carboxylic acids is 3. The molecule has 0 spiro atoms. The molecule has 0 atom stereocenters. The lowest BCUT2D eigenvalue weighted by molar-refractivity contribution is -0.172. The van der Waals surface area contributed by atoms with E-state index in [4.69, 9.17) is 37.2 Å². The van der Waals surface area contributed by atoms with E-state index in [9.17, 15) is 37.1 Å². The van der Waals surface area contributed by atoms with Gasteiger partial charge in [-0.05, 0) is 36.2 Å². The summed E-state index contributed by atoms with van der Waals surface area (Å²) in [7, 11) is -5.48. The smallest absolute Gasteiger partial charge is 0.365 e. The second-order valence-corrected chi connectivity index (χ2v) is 16.5. The Morgan fingerprint density at radius 3 is 2.07 bits per heavy atom. The first kappa shape index (κ1) is 47.3. The summed E-state index contributed by atoms with van der Waals surface area (Å²) in [5.74, 6) is -3.26. The van der Waals surface area contributed by atoms with Gasteiger partial charge in [-0.25, -0.2) is 4.79 Å². The Morgan fingerprint density at radius 2 is 1.52 bits per heavy atom. The first-order valence-corrected chi connectivity index (χ1v) is 22.4. The van der Waals surface area contributed by atoms with Gasteiger partial charge in [-0.15, -0.1) is 9.97 Å². The summed E-state index contributed by atoms with van der Waals surface area (Å²) in [6.07, 6.45) is 5.16. The lowest BCUT2D eigenvalue weighted by Crippen LogP contribution is -2.32. The number of ether oxygens (including phenoxy) is 1. The average Bonchev–Trinajstić information content (AvgIpc) is 3.65. The first-order chi connectivity index (χ1) is 32.2. The first-order valence-electron chi connectivity index (χ1n) is 20.2. The van der Waals surface area contributed by atoms with Crippen molar-refractivity contribution in [1.29, 1.82) is 0 Å². The van der Waals surface area contributed by atoms with Gasteiger partial charge < -0.3 is 14.0 Å². The fourth-order valence-electron chi connectivity index (χ4n) is 7.52. The highest BCUT2D eigenvalue weighted by Crippen LogP contribution is 2.51. The van der Waals surface area contributed by atoms with Gasteiger partial charge in [-0.2, -0.15) is 8.42 Å². The number of nitrogens with zero attached hydrogens (tertiary/aromatic N) is 4. The minimum Gasteiger partial charge on any atom is -0.456 e. The van der Waals surface area contributed by atoms with Crippen molar-refractivity contribution in [3.05, 3.63) is 182 Å². The monoisotopic (exact) mass is 958 g/mol. The molecule has 0 saturated carbocycles. The van der Waals surface area contributed by atoms with E-state index < -0.39 is 65.1 Å². The van der Waals surface area contributed by atoms with Crippen LogP contribution in [0.3, 0.4) is 0 Å². The quantitative estimate of drug-likeness (QED) is 0.0285. The number of amides is 2. The Balaban J connectivity index is 0.00000329. The minimum absolute atomic E-state index is 0.00277. The number of fused-ring (bicyclic) bond motifs is 2. The molecule has 15 nitrogen and oxygen atoms in total. The number of nitroso groups, excluding NO2 is 1. The van der Waals surface area contributed by atoms with Gasteiger partial charge in [0.15, 0.2) is 5.43 Å². The fraction of sp³-hybridized carbons (Fsp3) is 0.102. The van der Waals surface area contributed by atoms with Gasteiger partial charge >= 0.3 is 5.97 Å². The van der Waals surface area contributed by atoms with Gasteiger partial charge in [0.2, 0.25) is 0 Å². The van der Waals surface area contributed by atoms with Crippen LogP contribution in [0, 0.1) is 4.91 Å². The zero-order valence-corrected chi connectivity index (χ0v) is 37.8. The predicted octanol–water partition coefficient (Wildman–Crippen LogP) is 10.7. The van der Waals surface area contributed by atoms with E-state index in [1.807, 2.05) is 13.8 Å². The van der Waals surface area contributed by atoms with Gasteiger partial charge in [-0.3, -0.25) is 28.9 Å². The number of allylic oxidation sites excluding steroid dienone is 2. The summed E-state index contributed by atoms with van der Waals surface area (Å²) < 4.78 is 51.4. The highest BCUT2D eigenvalue weighted by Gasteiger charge is 2.41. The molecule has 0 radical (unpaired) electrons. The van der Waals surface area contributed by atoms with Crippen molar-refractivity contribution >= 4 is 74.4 Å². The van der Waals surface area contributed by atoms with Crippen LogP contribution in [0.25, 0.3) is 50.1 Å². The normalized spacial score (nSPS) is 13.0. The molecule has 1 saturated heterocycles. The van der Waals surface area contributed by atoms with Crippen LogP contribution < -0.4 is 10.2 Å². The van der Waals surface area contributed by atoms with Crippen molar-refractivity contribution in [2.75, 3.05) is 0 Å². The number of aromatic nitrogens is 1. The molecule has 3 heterocycles. The molecule has 0 bridgehead atoms. The summed E-state index contributed by atoms with van der Waals surface area (Å²) in [6.45, 7) is 11.2. The molecule has 8 rings (SSSR count). The second-order valence-electron chi connectivity index (χ2n) is 14.3. The second kappa shape index (κ2) is 19.5. The Bertz CT molecular complexity index is 3250. The number of hydroxylamine groups is 2. The van der Waals surface area contributed by atoms with Crippen LogP contribution in [0.1, 0.15) is 53.7 Å². The minimum atomic E-state index is -5.48. The lowest BCUT2D eigenvalue weighted by atomic mass is 9.89. The highest BCUT2D eigenvalue weighted by molar-refractivity contribution is 7.86. The maximum Gasteiger partial charge on any atom is 0.365 e. The number of halogens is 2. The van der Waals surface area contributed by atoms with Crippen molar-refractivity contribution in [3.63, 3.8) is 0 Å². The largest absolute Gasteiger partial charge is 0.456 e. The van der Waals surface area contributed by atoms with Gasteiger partial charge in [0.1, 0.15) is 22.0 Å². The van der Waals surface area contributed by atoms with Gasteiger partial charge in [-0.1, -0.05) is 116 Å². The molecule has 338 valence electrons. The number of pyridine rings is 1. The third-order valence-corrected chi connectivity index (χ3v) is 12.2. The zero-order chi connectivity index (χ0) is 48.2. The molecular formula is C49H36Cl2N4O11S. The van der Waals surface area contributed by atoms with Crippen molar-refractivity contribution in [2.24, 2.45) is 10.2 Å². The van der Waals surface area contributed by atoms with Crippen LogP contribution in [-0.4, -0.2) is 47.5 Å². The lowest BCUT2D eigenvalue weighted by Gasteiger charge is -2.30. The molecule has 1 aliphatic carbocycles. The van der Waals surface area contributed by atoms with Crippen molar-refractivity contribution < 1.29 is 41.3 Å². The molecule has 67 heavy (non-hydrogen) atoms. The molecule has 3 aliphatic rings. The predicted molar refractivity (Wildman–Crippen MR) is 253 cm³/mol. The molecule has 1 aromatic heterocycles. The zero-order valence-electron chi connectivity index (χ0n) is 35.4. The molecule has 1 N–H and O–H groups in total. The number of aliphatic imine (C=N–C) groups is 1. The standard InChI is InChI=1S/C47H30Cl2N4O11S.C2H6/c1-3-26(24-50-2)30-19-32-37(22-36(30)54)62-38-23-39(63-47(52-58,28-12-6-4-7-13-28)29-14-8-5-9-15-29)31(27-11-10-18-51-25-27)20-33(38)42(32)43-35(48)21-34(44(49)45(43)65(59,60)61)46(57)64-53-40(55)16-17-41(53)56;1-2/h3-15,18-25H,1-2,16-17H2,(H,59,60,61);1-2H3/b26-24+;. The Labute approximate surface area is 392 Å². The van der Waals surface area contributed by atoms with Crippen LogP contribution in [-0.2, 0) is 30.3 Å². The van der Waals surface area contributed by atoms with Gasteiger partial charge in [0.25, 0.3) is 27.7 Å². The van der Waals surface area contributed by atoms with Crippen molar-refractivity contribution in [2.45, 2.75) is 37.3 Å². The van der Waals surface area contributed by atoms with Crippen molar-refractivity contribution in [1.82, 2.24) is 10.0 Å². The molecule has 2 amide bonds. The Morgan fingerprint density at radius 1 is 0.881 bits per heavy atom. The number of rotatable bonds is 13. The van der Waals surface area contributed by atoms with E-state index in [1.165, 1.54) is 42.9 Å². The number of hydrogen-bond acceptors (Lipinski definition) is 13. The van der Waals surface area contributed by atoms with E-state index >= 15 is 0 Å². The van der Waals surface area contributed by atoms with Crippen LogP contribution in [0.2, 0.25) is 10.0 Å². The van der Waals surface area contributed by atoms with Crippen LogP contribution >= 0.6 is 23.2 Å². The van der Waals surface area contributed by atoms with E-state index in [0.717, 1.165) is 12.1 Å². The highest BCUT2D eigenvalue weighted by atomic mass is 35.5. The van der Waals surface area contributed by atoms with Gasteiger partial charge in [0, 0.05) is 99.0 Å². The summed E-state index contributed by atoms with van der Waals surface area (Å²) in [5.41, 5.74) is -2.39. The van der Waals surface area contributed by atoms with E-state index in [0.29, 0.717) is 16.7 Å². The summed E-state index contributed by atoms with van der Waals surface area (Å²) in [5, 5.41) is 2.45. The Kier molecular flexibility index (Phi) is 13.7. The Hall–Kier alpha value is -7.63. The fourth-order valence-corrected chi connectivity index (χ4v) is 9.19. The number of carbonyl (C=O) groups is 3.